The molecule has 0 aliphatic heterocycles. The first-order valence-electron chi connectivity index (χ1n) is 5.05. The van der Waals surface area contributed by atoms with Crippen LogP contribution < -0.4 is 11.5 Å². The van der Waals surface area contributed by atoms with Crippen LogP contribution in [-0.2, 0) is 0 Å². The number of benzene rings is 1. The molecule has 0 aliphatic rings. The summed E-state index contributed by atoms with van der Waals surface area (Å²) >= 11 is 9.40. The van der Waals surface area contributed by atoms with Crippen molar-refractivity contribution in [2.45, 2.75) is 25.3 Å². The van der Waals surface area contributed by atoms with E-state index in [1.165, 1.54) is 0 Å². The average molecular weight is 328 g/mol. The molecule has 1 atom stereocenters. The maximum Gasteiger partial charge on any atom is 0.0410 e. The largest absolute Gasteiger partial charge is 0.330 e. The summed E-state index contributed by atoms with van der Waals surface area (Å²) in [6, 6.07) is 5.73. The van der Waals surface area contributed by atoms with Crippen LogP contribution in [-0.4, -0.2) is 6.54 Å². The summed E-state index contributed by atoms with van der Waals surface area (Å²) in [4.78, 5) is 0. The third kappa shape index (κ3) is 5.02. The van der Waals surface area contributed by atoms with Crippen LogP contribution in [0.25, 0.3) is 0 Å². The van der Waals surface area contributed by atoms with Gasteiger partial charge in [-0.05, 0) is 43.1 Å². The van der Waals surface area contributed by atoms with Crippen molar-refractivity contribution in [3.63, 3.8) is 0 Å². The zero-order valence-corrected chi connectivity index (χ0v) is 12.1. The molecule has 1 aromatic carbocycles. The van der Waals surface area contributed by atoms with Gasteiger partial charge in [-0.2, -0.15) is 0 Å². The molecule has 0 aromatic heterocycles. The summed E-state index contributed by atoms with van der Waals surface area (Å²) in [7, 11) is 0. The highest BCUT2D eigenvalue weighted by atomic mass is 79.9. The molecule has 1 rings (SSSR count). The normalized spacial score (nSPS) is 12.0. The van der Waals surface area contributed by atoms with Gasteiger partial charge in [0.1, 0.15) is 0 Å². The Labute approximate surface area is 116 Å². The minimum Gasteiger partial charge on any atom is -0.330 e. The molecular weight excluding hydrogens is 311 g/mol. The molecule has 0 radical (unpaired) electrons. The Kier molecular flexibility index (Phi) is 8.42. The quantitative estimate of drug-likeness (QED) is 0.811. The molecule has 0 heterocycles. The predicted octanol–water partition coefficient (Wildman–Crippen LogP) is 3.65. The van der Waals surface area contributed by atoms with Crippen LogP contribution in [0.4, 0.5) is 0 Å². The van der Waals surface area contributed by atoms with E-state index in [4.69, 9.17) is 23.1 Å². The Balaban J connectivity index is 0.00000225. The van der Waals surface area contributed by atoms with Crippen molar-refractivity contribution in [3.8, 4) is 0 Å². The highest BCUT2D eigenvalue weighted by Gasteiger charge is 2.09. The van der Waals surface area contributed by atoms with Gasteiger partial charge < -0.3 is 11.5 Å². The van der Waals surface area contributed by atoms with Crippen LogP contribution in [0, 0.1) is 0 Å². The van der Waals surface area contributed by atoms with Crippen molar-refractivity contribution in [1.29, 1.82) is 0 Å². The lowest BCUT2D eigenvalue weighted by molar-refractivity contribution is 0.589. The van der Waals surface area contributed by atoms with Gasteiger partial charge in [0.15, 0.2) is 0 Å². The van der Waals surface area contributed by atoms with Crippen LogP contribution in [0.1, 0.15) is 30.9 Å². The second-order valence-electron chi connectivity index (χ2n) is 3.56. The smallest absolute Gasteiger partial charge is 0.0410 e. The third-order valence-electron chi connectivity index (χ3n) is 2.33. The number of halogens is 3. The van der Waals surface area contributed by atoms with E-state index in [2.05, 4.69) is 15.9 Å². The van der Waals surface area contributed by atoms with Gasteiger partial charge in [-0.3, -0.25) is 0 Å². The van der Waals surface area contributed by atoms with Gasteiger partial charge in [0, 0.05) is 15.5 Å². The first kappa shape index (κ1) is 16.2. The van der Waals surface area contributed by atoms with Crippen LogP contribution in [0.3, 0.4) is 0 Å². The van der Waals surface area contributed by atoms with Gasteiger partial charge in [0.05, 0.1) is 0 Å². The van der Waals surface area contributed by atoms with Crippen molar-refractivity contribution < 1.29 is 0 Å². The van der Waals surface area contributed by atoms with Crippen LogP contribution in [0.15, 0.2) is 22.7 Å². The average Bonchev–Trinajstić information content (AvgIpc) is 2.22. The molecule has 0 saturated carbocycles. The number of nitrogens with two attached hydrogens (primary N) is 2. The standard InChI is InChI=1S/C11H16BrClN2.ClH/c12-10-5-4-8(13)7-9(10)11(15)3-1-2-6-14;/h4-5,7,11H,1-3,6,14-15H2;1H/t11-;/m0./s1. The topological polar surface area (TPSA) is 52.0 Å². The Morgan fingerprint density at radius 2 is 2.00 bits per heavy atom. The van der Waals surface area contributed by atoms with E-state index in [1.54, 1.807) is 0 Å². The summed E-state index contributed by atoms with van der Waals surface area (Å²) in [5, 5.41) is 0.725. The molecule has 2 nitrogen and oxygen atoms in total. The SMILES string of the molecule is Cl.NCCCC[C@H](N)c1cc(Cl)ccc1Br. The molecule has 1 aromatic rings. The van der Waals surface area contributed by atoms with E-state index in [0.29, 0.717) is 0 Å². The molecule has 16 heavy (non-hydrogen) atoms. The van der Waals surface area contributed by atoms with E-state index in [9.17, 15) is 0 Å². The molecule has 0 unspecified atom stereocenters. The highest BCUT2D eigenvalue weighted by molar-refractivity contribution is 9.10. The van der Waals surface area contributed by atoms with Crippen LogP contribution in [0.5, 0.6) is 0 Å². The second kappa shape index (κ2) is 8.31. The predicted molar refractivity (Wildman–Crippen MR) is 76.2 cm³/mol. The van der Waals surface area contributed by atoms with Gasteiger partial charge in [-0.1, -0.05) is 34.0 Å². The zero-order valence-electron chi connectivity index (χ0n) is 8.96. The Bertz CT molecular complexity index is 321. The van der Waals surface area contributed by atoms with E-state index in [0.717, 1.165) is 40.9 Å². The van der Waals surface area contributed by atoms with Crippen molar-refractivity contribution in [2.24, 2.45) is 11.5 Å². The Morgan fingerprint density at radius 1 is 1.31 bits per heavy atom. The van der Waals surface area contributed by atoms with E-state index < -0.39 is 0 Å². The molecular formula is C11H17BrCl2N2. The van der Waals surface area contributed by atoms with E-state index in [1.807, 2.05) is 18.2 Å². The molecule has 0 fully saturated rings. The maximum absolute atomic E-state index is 6.08. The summed E-state index contributed by atoms with van der Waals surface area (Å²) < 4.78 is 1.02. The number of unbranched alkanes of at least 4 members (excludes halogenated alkanes) is 1. The highest BCUT2D eigenvalue weighted by Crippen LogP contribution is 2.27. The molecule has 5 heteroatoms. The maximum atomic E-state index is 6.08. The number of hydrogen-bond acceptors (Lipinski definition) is 2. The van der Waals surface area contributed by atoms with Crippen molar-refractivity contribution in [3.05, 3.63) is 33.3 Å². The second-order valence-corrected chi connectivity index (χ2v) is 4.85. The fourth-order valence-electron chi connectivity index (χ4n) is 1.46. The number of hydrogen-bond donors (Lipinski definition) is 2. The third-order valence-corrected chi connectivity index (χ3v) is 3.28. The Hall–Kier alpha value is 0.200. The van der Waals surface area contributed by atoms with Crippen molar-refractivity contribution in [1.82, 2.24) is 0 Å². The van der Waals surface area contributed by atoms with E-state index in [-0.39, 0.29) is 18.4 Å². The lowest BCUT2D eigenvalue weighted by Crippen LogP contribution is -2.11. The van der Waals surface area contributed by atoms with Crippen LogP contribution >= 0.6 is 39.9 Å². The number of rotatable bonds is 5. The summed E-state index contributed by atoms with van der Waals surface area (Å²) in [5.41, 5.74) is 12.6. The molecule has 4 N–H and O–H groups in total. The fourth-order valence-corrected chi connectivity index (χ4v) is 2.18. The zero-order chi connectivity index (χ0) is 11.3. The van der Waals surface area contributed by atoms with E-state index >= 15 is 0 Å². The minimum atomic E-state index is 0. The van der Waals surface area contributed by atoms with Gasteiger partial charge in [-0.25, -0.2) is 0 Å². The summed E-state index contributed by atoms with van der Waals surface area (Å²) in [6.45, 7) is 0.726. The first-order valence-corrected chi connectivity index (χ1v) is 6.23. The van der Waals surface area contributed by atoms with Gasteiger partial charge in [0.25, 0.3) is 0 Å². The lowest BCUT2D eigenvalue weighted by atomic mass is 10.0. The molecule has 0 amide bonds. The Morgan fingerprint density at radius 3 is 2.62 bits per heavy atom. The molecule has 0 aliphatic carbocycles. The summed E-state index contributed by atoms with van der Waals surface area (Å²) in [6.07, 6.45) is 3.01. The van der Waals surface area contributed by atoms with Crippen molar-refractivity contribution >= 4 is 39.9 Å². The molecule has 0 spiro atoms. The summed E-state index contributed by atoms with van der Waals surface area (Å²) in [5.74, 6) is 0. The van der Waals surface area contributed by atoms with Crippen LogP contribution in [0.2, 0.25) is 5.02 Å². The lowest BCUT2D eigenvalue weighted by Gasteiger charge is -2.13. The monoisotopic (exact) mass is 326 g/mol. The van der Waals surface area contributed by atoms with Gasteiger partial charge in [0.2, 0.25) is 0 Å². The first-order chi connectivity index (χ1) is 7.15. The molecule has 0 bridgehead atoms. The van der Waals surface area contributed by atoms with Gasteiger partial charge >= 0.3 is 0 Å². The fraction of sp³-hybridized carbons (Fsp3) is 0.455. The molecule has 92 valence electrons. The van der Waals surface area contributed by atoms with Gasteiger partial charge in [-0.15, -0.1) is 12.4 Å². The minimum absolute atomic E-state index is 0. The molecule has 0 saturated heterocycles. The van der Waals surface area contributed by atoms with Crippen molar-refractivity contribution in [2.75, 3.05) is 6.54 Å².